The SMILES string of the molecule is c1ccc(Cc2noc(CSc3nnc(-c4cccs4)o3)n2)cc1. The highest BCUT2D eigenvalue weighted by Gasteiger charge is 2.12. The van der Waals surface area contributed by atoms with Crippen molar-refractivity contribution in [3.8, 4) is 10.8 Å². The Kier molecular flexibility index (Phi) is 4.39. The number of thioether (sulfide) groups is 1. The van der Waals surface area contributed by atoms with Gasteiger partial charge in [0.15, 0.2) is 5.82 Å². The first-order chi connectivity index (χ1) is 11.9. The molecule has 0 spiro atoms. The largest absolute Gasteiger partial charge is 0.410 e. The van der Waals surface area contributed by atoms with Gasteiger partial charge in [-0.2, -0.15) is 4.98 Å². The van der Waals surface area contributed by atoms with Crippen molar-refractivity contribution in [2.45, 2.75) is 17.4 Å². The van der Waals surface area contributed by atoms with Crippen LogP contribution in [-0.2, 0) is 12.2 Å². The molecule has 0 saturated carbocycles. The fourth-order valence-electron chi connectivity index (χ4n) is 2.09. The molecule has 8 heteroatoms. The summed E-state index contributed by atoms with van der Waals surface area (Å²) in [6, 6.07) is 13.9. The van der Waals surface area contributed by atoms with Crippen LogP contribution in [0.3, 0.4) is 0 Å². The van der Waals surface area contributed by atoms with Gasteiger partial charge >= 0.3 is 0 Å². The molecule has 0 saturated heterocycles. The molecule has 24 heavy (non-hydrogen) atoms. The molecule has 0 radical (unpaired) electrons. The van der Waals surface area contributed by atoms with Gasteiger partial charge in [-0.05, 0) is 17.0 Å². The van der Waals surface area contributed by atoms with Crippen LogP contribution < -0.4 is 0 Å². The lowest BCUT2D eigenvalue weighted by Gasteiger charge is -1.94. The van der Waals surface area contributed by atoms with Crippen LogP contribution in [0.1, 0.15) is 17.3 Å². The Morgan fingerprint density at radius 1 is 1.04 bits per heavy atom. The van der Waals surface area contributed by atoms with Crippen molar-refractivity contribution in [3.05, 3.63) is 65.1 Å². The van der Waals surface area contributed by atoms with Gasteiger partial charge in [0.05, 0.1) is 10.6 Å². The third-order valence-corrected chi connectivity index (χ3v) is 4.83. The highest BCUT2D eigenvalue weighted by molar-refractivity contribution is 7.98. The Hall–Kier alpha value is -2.45. The predicted molar refractivity (Wildman–Crippen MR) is 90.7 cm³/mol. The molecule has 0 aliphatic rings. The molecule has 1 aromatic carbocycles. The van der Waals surface area contributed by atoms with E-state index in [4.69, 9.17) is 8.94 Å². The average Bonchev–Trinajstić information content (AvgIpc) is 3.35. The normalized spacial score (nSPS) is 11.0. The van der Waals surface area contributed by atoms with E-state index >= 15 is 0 Å². The van der Waals surface area contributed by atoms with Crippen molar-refractivity contribution in [2.24, 2.45) is 0 Å². The molecule has 0 unspecified atom stereocenters. The number of nitrogens with zero attached hydrogens (tertiary/aromatic N) is 4. The molecule has 0 aliphatic carbocycles. The van der Waals surface area contributed by atoms with E-state index in [1.807, 2.05) is 47.8 Å². The number of benzene rings is 1. The molecule has 0 fully saturated rings. The summed E-state index contributed by atoms with van der Waals surface area (Å²) < 4.78 is 10.9. The molecule has 0 amide bonds. The zero-order chi connectivity index (χ0) is 16.2. The smallest absolute Gasteiger partial charge is 0.277 e. The molecule has 0 aliphatic heterocycles. The van der Waals surface area contributed by atoms with E-state index in [2.05, 4.69) is 20.3 Å². The van der Waals surface area contributed by atoms with E-state index in [1.165, 1.54) is 11.8 Å². The molecular formula is C16H12N4O2S2. The van der Waals surface area contributed by atoms with Gasteiger partial charge in [-0.25, -0.2) is 0 Å². The monoisotopic (exact) mass is 356 g/mol. The maximum absolute atomic E-state index is 5.61. The number of thiophene rings is 1. The highest BCUT2D eigenvalue weighted by Crippen LogP contribution is 2.27. The van der Waals surface area contributed by atoms with Crippen molar-refractivity contribution in [3.63, 3.8) is 0 Å². The van der Waals surface area contributed by atoms with Crippen molar-refractivity contribution in [1.82, 2.24) is 20.3 Å². The number of rotatable bonds is 6. The van der Waals surface area contributed by atoms with Gasteiger partial charge in [0.2, 0.25) is 5.89 Å². The van der Waals surface area contributed by atoms with E-state index in [1.54, 1.807) is 11.3 Å². The predicted octanol–water partition coefficient (Wildman–Crippen LogP) is 4.06. The maximum Gasteiger partial charge on any atom is 0.277 e. The lowest BCUT2D eigenvalue weighted by Crippen LogP contribution is -1.90. The molecule has 6 nitrogen and oxygen atoms in total. The summed E-state index contributed by atoms with van der Waals surface area (Å²) in [4.78, 5) is 5.35. The van der Waals surface area contributed by atoms with Gasteiger partial charge in [0.25, 0.3) is 11.1 Å². The van der Waals surface area contributed by atoms with Gasteiger partial charge in [0, 0.05) is 6.42 Å². The third kappa shape index (κ3) is 3.55. The zero-order valence-electron chi connectivity index (χ0n) is 12.5. The summed E-state index contributed by atoms with van der Waals surface area (Å²) >= 11 is 2.94. The highest BCUT2D eigenvalue weighted by atomic mass is 32.2. The number of hydrogen-bond acceptors (Lipinski definition) is 8. The van der Waals surface area contributed by atoms with Gasteiger partial charge in [-0.1, -0.05) is 53.3 Å². The van der Waals surface area contributed by atoms with Crippen LogP contribution in [0.5, 0.6) is 0 Å². The van der Waals surface area contributed by atoms with E-state index in [-0.39, 0.29) is 0 Å². The summed E-state index contributed by atoms with van der Waals surface area (Å²) in [5, 5.41) is 14.5. The van der Waals surface area contributed by atoms with Crippen molar-refractivity contribution in [2.75, 3.05) is 0 Å². The topological polar surface area (TPSA) is 77.8 Å². The molecule has 3 aromatic heterocycles. The summed E-state index contributed by atoms with van der Waals surface area (Å²) in [6.45, 7) is 0. The van der Waals surface area contributed by atoms with Gasteiger partial charge in [0.1, 0.15) is 0 Å². The second kappa shape index (κ2) is 6.98. The van der Waals surface area contributed by atoms with Crippen molar-refractivity contribution >= 4 is 23.1 Å². The molecule has 3 heterocycles. The number of aromatic nitrogens is 4. The van der Waals surface area contributed by atoms with Crippen LogP contribution in [0.15, 0.2) is 62.0 Å². The second-order valence-electron chi connectivity index (χ2n) is 4.91. The van der Waals surface area contributed by atoms with Gasteiger partial charge in [-0.3, -0.25) is 0 Å². The van der Waals surface area contributed by atoms with E-state index in [0.717, 1.165) is 10.4 Å². The van der Waals surface area contributed by atoms with Crippen LogP contribution >= 0.6 is 23.1 Å². The van der Waals surface area contributed by atoms with Crippen LogP contribution in [0.25, 0.3) is 10.8 Å². The summed E-state index contributed by atoms with van der Waals surface area (Å²) in [7, 11) is 0. The lowest BCUT2D eigenvalue weighted by atomic mass is 10.1. The standard InChI is InChI=1S/C16H12N4O2S2/c1-2-5-11(6-3-1)9-13-17-14(22-20-13)10-24-16-19-18-15(21-16)12-7-4-8-23-12/h1-8H,9-10H2. The zero-order valence-corrected chi connectivity index (χ0v) is 14.1. The number of hydrogen-bond donors (Lipinski definition) is 0. The Morgan fingerprint density at radius 3 is 2.79 bits per heavy atom. The minimum Gasteiger partial charge on any atom is -0.410 e. The maximum atomic E-state index is 5.61. The summed E-state index contributed by atoms with van der Waals surface area (Å²) in [5.41, 5.74) is 1.15. The molecule has 0 N–H and O–H groups in total. The van der Waals surface area contributed by atoms with Crippen LogP contribution in [0, 0.1) is 0 Å². The molecule has 120 valence electrons. The first-order valence-electron chi connectivity index (χ1n) is 7.22. The van der Waals surface area contributed by atoms with Gasteiger partial charge in [-0.15, -0.1) is 21.5 Å². The van der Waals surface area contributed by atoms with Crippen molar-refractivity contribution < 1.29 is 8.94 Å². The van der Waals surface area contributed by atoms with E-state index in [0.29, 0.717) is 35.0 Å². The minimum atomic E-state index is 0.487. The summed E-state index contributed by atoms with van der Waals surface area (Å²) in [5.74, 6) is 2.24. The Bertz CT molecular complexity index is 903. The minimum absolute atomic E-state index is 0.487. The first kappa shape index (κ1) is 15.1. The lowest BCUT2D eigenvalue weighted by molar-refractivity contribution is 0.385. The van der Waals surface area contributed by atoms with Gasteiger partial charge < -0.3 is 8.94 Å². The fraction of sp³-hybridized carbons (Fsp3) is 0.125. The average molecular weight is 356 g/mol. The molecule has 4 aromatic rings. The summed E-state index contributed by atoms with van der Waals surface area (Å²) in [6.07, 6.45) is 0.651. The van der Waals surface area contributed by atoms with Crippen molar-refractivity contribution in [1.29, 1.82) is 0 Å². The Morgan fingerprint density at radius 2 is 1.96 bits per heavy atom. The molecule has 4 rings (SSSR count). The Labute approximate surface area is 145 Å². The van der Waals surface area contributed by atoms with E-state index < -0.39 is 0 Å². The fourth-order valence-corrected chi connectivity index (χ4v) is 3.34. The molecular weight excluding hydrogens is 344 g/mol. The quantitative estimate of drug-likeness (QED) is 0.482. The first-order valence-corrected chi connectivity index (χ1v) is 9.09. The van der Waals surface area contributed by atoms with Crippen LogP contribution in [-0.4, -0.2) is 20.3 Å². The second-order valence-corrected chi connectivity index (χ2v) is 6.78. The van der Waals surface area contributed by atoms with Crippen LogP contribution in [0.4, 0.5) is 0 Å². The van der Waals surface area contributed by atoms with E-state index in [9.17, 15) is 0 Å². The molecule has 0 atom stereocenters. The molecule has 0 bridgehead atoms. The third-order valence-electron chi connectivity index (χ3n) is 3.17. The Balaban J connectivity index is 1.36. The van der Waals surface area contributed by atoms with Crippen LogP contribution in [0.2, 0.25) is 0 Å².